The fourth-order valence-corrected chi connectivity index (χ4v) is 0. The molecule has 20 nitrogen and oxygen atoms in total. The normalized spacial score (nSPS) is 7.73. The van der Waals surface area contributed by atoms with Gasteiger partial charge in [-0.2, -0.15) is 0 Å². The van der Waals surface area contributed by atoms with Crippen LogP contribution in [-0.4, -0.2) is 205 Å². The molecule has 0 saturated heterocycles. The third kappa shape index (κ3) is 1510. The average molecular weight is 763 g/mol. The van der Waals surface area contributed by atoms with Crippen LogP contribution in [0.5, 0.6) is 0 Å². The van der Waals surface area contributed by atoms with Gasteiger partial charge in [0.15, 0.2) is 0 Å². The summed E-state index contributed by atoms with van der Waals surface area (Å²) in [7, 11) is -20.7. The van der Waals surface area contributed by atoms with E-state index in [1.807, 2.05) is 0 Å². The van der Waals surface area contributed by atoms with Gasteiger partial charge in [-0.1, -0.05) is 0 Å². The minimum Gasteiger partial charge on any atom is -0.870 e. The van der Waals surface area contributed by atoms with Crippen LogP contribution < -0.4 is 0 Å². The van der Waals surface area contributed by atoms with Crippen molar-refractivity contribution >= 4 is 155 Å². The molecule has 0 spiro atoms. The van der Waals surface area contributed by atoms with Crippen molar-refractivity contribution in [2.75, 3.05) is 0 Å². The van der Waals surface area contributed by atoms with E-state index in [1.54, 1.807) is 0 Å². The molecule has 0 aromatic heterocycles. The van der Waals surface area contributed by atoms with Gasteiger partial charge in [0.05, 0.1) is 0 Å². The Morgan fingerprint density at radius 1 is 0.300 bits per heavy atom. The Morgan fingerprint density at radius 2 is 0.300 bits per heavy atom. The first kappa shape index (κ1) is 92.0. The van der Waals surface area contributed by atoms with Gasteiger partial charge in [-0.25, -0.2) is 0 Å². The van der Waals surface area contributed by atoms with E-state index < -0.39 is 41.6 Å². The van der Waals surface area contributed by atoms with Gasteiger partial charge in [0, 0.05) is 41.6 Å². The molecule has 0 unspecified atom stereocenters. The summed E-state index contributed by atoms with van der Waals surface area (Å²) < 4.78 is 136. The molecule has 0 aliphatic rings. The molecule has 187 valence electrons. The standard InChI is InChI=1S/3Ca.3Cu.4H2O4S.4H2O/c;;;;;;4*1-5(2,3)4;;;;/h;;;;;;4*(H2,1,2,3,4);4*1H2/q6*+2;;;;;;;;/p-12. The molecule has 0 saturated carbocycles. The van der Waals surface area contributed by atoms with E-state index in [-0.39, 0.29) is 186 Å². The van der Waals surface area contributed by atoms with E-state index >= 15 is 0 Å². The van der Waals surface area contributed by atoms with Crippen molar-refractivity contribution in [1.82, 2.24) is 0 Å². The Kier molecular flexibility index (Phi) is 134. The van der Waals surface area contributed by atoms with Gasteiger partial charge in [0.2, 0.25) is 0 Å². The molecule has 0 aromatic carbocycles. The fourth-order valence-electron chi connectivity index (χ4n) is 0. The van der Waals surface area contributed by atoms with Crippen LogP contribution in [0.1, 0.15) is 0 Å². The Labute approximate surface area is 292 Å². The van der Waals surface area contributed by atoms with Crippen molar-refractivity contribution < 1.29 is 143 Å². The van der Waals surface area contributed by atoms with Gasteiger partial charge >= 0.3 is 164 Å². The molecule has 0 amide bonds. The van der Waals surface area contributed by atoms with Crippen LogP contribution in [0.4, 0.5) is 0 Å². The second kappa shape index (κ2) is 43.7. The Morgan fingerprint density at radius 3 is 0.300 bits per heavy atom. The largest absolute Gasteiger partial charge is 2.00 e. The van der Waals surface area contributed by atoms with Gasteiger partial charge in [-0.05, 0) is 0 Å². The van der Waals surface area contributed by atoms with E-state index in [0.717, 1.165) is 0 Å². The Hall–Kier alpha value is 4.66. The minimum atomic E-state index is -5.17. The maximum absolute atomic E-state index is 8.52. The van der Waals surface area contributed by atoms with E-state index in [9.17, 15) is 0 Å². The van der Waals surface area contributed by atoms with Crippen LogP contribution in [0.3, 0.4) is 0 Å². The zero-order valence-electron chi connectivity index (χ0n) is 13.0. The van der Waals surface area contributed by atoms with Crippen LogP contribution in [-0.2, 0) is 92.8 Å². The van der Waals surface area contributed by atoms with Crippen LogP contribution in [0.25, 0.3) is 0 Å². The first-order chi connectivity index (χ1) is 8.00. The summed E-state index contributed by atoms with van der Waals surface area (Å²) in [6, 6.07) is 0. The van der Waals surface area contributed by atoms with E-state index in [0.29, 0.717) is 0 Å². The van der Waals surface area contributed by atoms with Crippen molar-refractivity contribution in [2.24, 2.45) is 0 Å². The monoisotopic (exact) mass is 760 g/mol. The first-order valence-corrected chi connectivity index (χ1v) is 8.00. The topological polar surface area (TPSA) is 441 Å². The quantitative estimate of drug-likeness (QED) is 0.126. The van der Waals surface area contributed by atoms with Gasteiger partial charge in [-0.15, -0.1) is 0 Å². The summed E-state index contributed by atoms with van der Waals surface area (Å²) in [6.45, 7) is 0. The van der Waals surface area contributed by atoms with Gasteiger partial charge in [0.25, 0.3) is 0 Å². The number of hydrogen-bond acceptors (Lipinski definition) is 20. The maximum atomic E-state index is 8.52. The third-order valence-electron chi connectivity index (χ3n) is 0. The molecule has 4 N–H and O–H groups in total. The second-order valence-corrected chi connectivity index (χ2v) is 4.90. The first-order valence-electron chi connectivity index (χ1n) is 2.67. The van der Waals surface area contributed by atoms with Gasteiger partial charge in [-0.3, -0.25) is 33.7 Å². The van der Waals surface area contributed by atoms with Gasteiger partial charge in [0.1, 0.15) is 0 Å². The molecule has 0 bridgehead atoms. The summed E-state index contributed by atoms with van der Waals surface area (Å²) in [5.74, 6) is 0. The summed E-state index contributed by atoms with van der Waals surface area (Å²) in [5.41, 5.74) is 0. The molecule has 30 heavy (non-hydrogen) atoms. The molecular weight excluding hydrogens is 759 g/mol. The van der Waals surface area contributed by atoms with Crippen molar-refractivity contribution in [2.45, 2.75) is 0 Å². The van der Waals surface area contributed by atoms with Crippen molar-refractivity contribution in [3.8, 4) is 0 Å². The predicted molar refractivity (Wildman–Crippen MR) is 66.9 cm³/mol. The predicted octanol–water partition coefficient (Wildman–Crippen LogP) is -7.21. The molecule has 0 aliphatic carbocycles. The molecular formula is H4Ca3Cu3O20S4. The van der Waals surface area contributed by atoms with Crippen molar-refractivity contribution in [1.29, 1.82) is 0 Å². The molecule has 0 fully saturated rings. The summed E-state index contributed by atoms with van der Waals surface area (Å²) in [5, 5.41) is 0. The summed E-state index contributed by atoms with van der Waals surface area (Å²) in [4.78, 5) is 0. The minimum absolute atomic E-state index is 0. The van der Waals surface area contributed by atoms with Crippen molar-refractivity contribution in [3.63, 3.8) is 0 Å². The third-order valence-corrected chi connectivity index (χ3v) is 0. The van der Waals surface area contributed by atoms with Crippen LogP contribution in [0, 0.1) is 0 Å². The Bertz CT molecular complexity index is 496. The van der Waals surface area contributed by atoms with E-state index in [2.05, 4.69) is 0 Å². The molecule has 0 aromatic rings. The molecule has 0 atom stereocenters. The summed E-state index contributed by atoms with van der Waals surface area (Å²) in [6.07, 6.45) is 0. The average Bonchev–Trinajstić information content (AvgIpc) is 1.62. The maximum Gasteiger partial charge on any atom is 2.00 e. The van der Waals surface area contributed by atoms with Crippen molar-refractivity contribution in [3.05, 3.63) is 0 Å². The van der Waals surface area contributed by atoms with E-state index in [4.69, 9.17) is 70.1 Å². The zero-order valence-corrected chi connectivity index (χ0v) is 25.7. The summed E-state index contributed by atoms with van der Waals surface area (Å²) >= 11 is 0. The van der Waals surface area contributed by atoms with Gasteiger partial charge < -0.3 is 58.3 Å². The number of hydrogen-bond donors (Lipinski definition) is 0. The second-order valence-electron chi connectivity index (χ2n) is 1.63. The van der Waals surface area contributed by atoms with E-state index in [1.165, 1.54) is 0 Å². The number of rotatable bonds is 0. The van der Waals surface area contributed by atoms with Crippen LogP contribution in [0.2, 0.25) is 0 Å². The zero-order chi connectivity index (χ0) is 18.0. The van der Waals surface area contributed by atoms with Crippen LogP contribution in [0.15, 0.2) is 0 Å². The molecule has 0 aliphatic heterocycles. The molecule has 3 radical (unpaired) electrons. The SMILES string of the molecule is O=S(=O)([O-])[O-].O=S(=O)([O-])[O-].O=S(=O)([O-])[O-].O=S(=O)([O-])[O-].[Ca+2].[Ca+2].[Ca+2].[Cu+2].[Cu+2].[Cu+2].[OH-].[OH-].[OH-].[OH-]. The van der Waals surface area contributed by atoms with Crippen LogP contribution >= 0.6 is 0 Å². The smallest absolute Gasteiger partial charge is 0.870 e. The molecule has 0 heterocycles. The molecule has 0 rings (SSSR count). The molecule has 30 heteroatoms. The Balaban J connectivity index is -0.00000000853. The fraction of sp³-hybridized carbons (Fsp3) is 0.